The predicted octanol–water partition coefficient (Wildman–Crippen LogP) is 4.33. The van der Waals surface area contributed by atoms with Crippen molar-refractivity contribution in [3.8, 4) is 0 Å². The number of rotatable bonds is 9. The van der Waals surface area contributed by atoms with Gasteiger partial charge in [0.15, 0.2) is 23.1 Å². The molecule has 2 aromatic rings. The minimum Gasteiger partial charge on any atom is -0.465 e. The first-order chi connectivity index (χ1) is 16.8. The third-order valence-corrected chi connectivity index (χ3v) is 7.96. The standard InChI is InChI=1S/C25H39N7O3/c1-4-17(13-33)24-31-22-19(32(24)12-16-10-8-14(2)9-11-16)21(27-15(3)18-6-5-7-18)29-23(30-22)20(26)28-25(34)35/h14-18,33H,4-13H2,1-3H3,(H2,26,28)(H,34,35)(H,27,29,30)/t14?,15-,16?,17?/m1/s1. The number of aliphatic hydroxyl groups excluding tert-OH is 1. The summed E-state index contributed by atoms with van der Waals surface area (Å²) in [5.41, 5.74) is 1.21. The zero-order chi connectivity index (χ0) is 25.1. The number of carbonyl (C=O) groups is 1. The number of aromatic nitrogens is 4. The molecule has 2 aliphatic rings. The van der Waals surface area contributed by atoms with Gasteiger partial charge in [-0.05, 0) is 56.8 Å². The molecule has 1 amide bonds. The summed E-state index contributed by atoms with van der Waals surface area (Å²) < 4.78 is 2.19. The summed E-state index contributed by atoms with van der Waals surface area (Å²) >= 11 is 0. The van der Waals surface area contributed by atoms with Gasteiger partial charge in [0.25, 0.3) is 0 Å². The van der Waals surface area contributed by atoms with Crippen LogP contribution in [0.4, 0.5) is 10.6 Å². The number of amidine groups is 1. The first kappa shape index (κ1) is 25.3. The second-order valence-corrected chi connectivity index (χ2v) is 10.5. The first-order valence-corrected chi connectivity index (χ1v) is 13.0. The lowest BCUT2D eigenvalue weighted by Crippen LogP contribution is -2.33. The summed E-state index contributed by atoms with van der Waals surface area (Å²) in [6, 6.07) is 0.179. The molecule has 0 bridgehead atoms. The van der Waals surface area contributed by atoms with Gasteiger partial charge in [0.2, 0.25) is 0 Å². The minimum absolute atomic E-state index is 0.0112. The maximum absolute atomic E-state index is 11.1. The number of nitrogens with one attached hydrogen (secondary N) is 3. The Balaban J connectivity index is 1.81. The van der Waals surface area contributed by atoms with E-state index in [9.17, 15) is 9.90 Å². The van der Waals surface area contributed by atoms with Gasteiger partial charge in [0, 0.05) is 18.5 Å². The molecule has 0 aromatic carbocycles. The van der Waals surface area contributed by atoms with Gasteiger partial charge < -0.3 is 20.1 Å². The maximum Gasteiger partial charge on any atom is 0.410 e. The average molecular weight is 486 g/mol. The van der Waals surface area contributed by atoms with Crippen molar-refractivity contribution in [2.24, 2.45) is 17.8 Å². The van der Waals surface area contributed by atoms with Crippen LogP contribution in [0, 0.1) is 23.2 Å². The Morgan fingerprint density at radius 2 is 1.89 bits per heavy atom. The summed E-state index contributed by atoms with van der Waals surface area (Å²) in [6.45, 7) is 7.26. The number of carboxylic acid groups (broad SMARTS) is 1. The molecule has 4 rings (SSSR count). The van der Waals surface area contributed by atoms with Gasteiger partial charge in [0.05, 0.1) is 6.61 Å². The van der Waals surface area contributed by atoms with Crippen LogP contribution in [0.25, 0.3) is 11.2 Å². The second kappa shape index (κ2) is 10.9. The highest BCUT2D eigenvalue weighted by molar-refractivity contribution is 6.03. The molecule has 2 aliphatic carbocycles. The Bertz CT molecular complexity index is 1050. The molecular formula is C25H39N7O3. The van der Waals surface area contributed by atoms with Gasteiger partial charge in [-0.25, -0.2) is 19.7 Å². The van der Waals surface area contributed by atoms with Crippen molar-refractivity contribution >= 4 is 28.9 Å². The molecule has 2 aromatic heterocycles. The summed E-state index contributed by atoms with van der Waals surface area (Å²) in [6.07, 6.45) is 7.70. The number of hydrogen-bond acceptors (Lipinski definition) is 7. The van der Waals surface area contributed by atoms with Crippen LogP contribution in [0.5, 0.6) is 0 Å². The first-order valence-electron chi connectivity index (χ1n) is 13.0. The lowest BCUT2D eigenvalue weighted by molar-refractivity contribution is 0.200. The predicted molar refractivity (Wildman–Crippen MR) is 135 cm³/mol. The molecule has 0 radical (unpaired) electrons. The van der Waals surface area contributed by atoms with Crippen molar-refractivity contribution in [1.82, 2.24) is 24.8 Å². The lowest BCUT2D eigenvalue weighted by atomic mass is 9.80. The van der Waals surface area contributed by atoms with E-state index in [0.717, 1.165) is 43.1 Å². The van der Waals surface area contributed by atoms with Crippen molar-refractivity contribution in [3.63, 3.8) is 0 Å². The Hall–Kier alpha value is -2.75. The van der Waals surface area contributed by atoms with Gasteiger partial charge in [-0.3, -0.25) is 10.7 Å². The highest BCUT2D eigenvalue weighted by atomic mass is 16.4. The lowest BCUT2D eigenvalue weighted by Gasteiger charge is -2.32. The van der Waals surface area contributed by atoms with E-state index in [1.165, 1.54) is 32.1 Å². The molecular weight excluding hydrogens is 446 g/mol. The highest BCUT2D eigenvalue weighted by Gasteiger charge is 2.29. The molecule has 2 atom stereocenters. The van der Waals surface area contributed by atoms with E-state index >= 15 is 0 Å². The highest BCUT2D eigenvalue weighted by Crippen LogP contribution is 2.35. The number of nitrogens with zero attached hydrogens (tertiary/aromatic N) is 4. The molecule has 0 spiro atoms. The smallest absolute Gasteiger partial charge is 0.410 e. The number of imidazole rings is 1. The summed E-state index contributed by atoms with van der Waals surface area (Å²) in [5, 5.41) is 33.0. The molecule has 35 heavy (non-hydrogen) atoms. The van der Waals surface area contributed by atoms with Crippen molar-refractivity contribution in [1.29, 1.82) is 5.41 Å². The normalized spacial score (nSPS) is 22.4. The van der Waals surface area contributed by atoms with E-state index in [4.69, 9.17) is 15.5 Å². The molecule has 0 aliphatic heterocycles. The summed E-state index contributed by atoms with van der Waals surface area (Å²) in [4.78, 5) is 25.1. The van der Waals surface area contributed by atoms with E-state index in [2.05, 4.69) is 39.0 Å². The second-order valence-electron chi connectivity index (χ2n) is 10.5. The van der Waals surface area contributed by atoms with Crippen molar-refractivity contribution in [3.05, 3.63) is 11.6 Å². The van der Waals surface area contributed by atoms with Gasteiger partial charge in [0.1, 0.15) is 11.3 Å². The van der Waals surface area contributed by atoms with E-state index in [1.54, 1.807) is 0 Å². The fourth-order valence-corrected chi connectivity index (χ4v) is 5.36. The number of hydrogen-bond donors (Lipinski definition) is 5. The molecule has 10 heteroatoms. The van der Waals surface area contributed by atoms with Gasteiger partial charge >= 0.3 is 6.09 Å². The fourth-order valence-electron chi connectivity index (χ4n) is 5.36. The SMILES string of the molecule is CCC(CO)c1nc2nc(C(=N)NC(=O)O)nc(N[C@H](C)C3CCC3)c2n1CC1CCC(C)CC1. The Labute approximate surface area is 206 Å². The quantitative estimate of drug-likeness (QED) is 0.262. The van der Waals surface area contributed by atoms with Crippen molar-refractivity contribution in [2.75, 3.05) is 11.9 Å². The van der Waals surface area contributed by atoms with Gasteiger partial charge in [-0.2, -0.15) is 0 Å². The van der Waals surface area contributed by atoms with Gasteiger partial charge in [-0.1, -0.05) is 33.1 Å². The zero-order valence-corrected chi connectivity index (χ0v) is 21.0. The van der Waals surface area contributed by atoms with E-state index in [1.807, 2.05) is 6.92 Å². The third-order valence-electron chi connectivity index (χ3n) is 7.96. The van der Waals surface area contributed by atoms with Crippen LogP contribution in [-0.2, 0) is 6.54 Å². The Morgan fingerprint density at radius 3 is 2.46 bits per heavy atom. The van der Waals surface area contributed by atoms with Crippen LogP contribution >= 0.6 is 0 Å². The number of amides is 1. The molecule has 2 fully saturated rings. The van der Waals surface area contributed by atoms with Crippen LogP contribution < -0.4 is 10.6 Å². The van der Waals surface area contributed by atoms with E-state index in [-0.39, 0.29) is 30.2 Å². The largest absolute Gasteiger partial charge is 0.465 e. The molecule has 0 saturated heterocycles. The van der Waals surface area contributed by atoms with Crippen molar-refractivity contribution in [2.45, 2.75) is 90.6 Å². The van der Waals surface area contributed by atoms with Crippen LogP contribution in [0.1, 0.15) is 89.7 Å². The molecule has 1 unspecified atom stereocenters. The molecule has 10 nitrogen and oxygen atoms in total. The minimum atomic E-state index is -1.33. The molecule has 2 heterocycles. The van der Waals surface area contributed by atoms with Crippen LogP contribution in [-0.4, -0.2) is 54.3 Å². The average Bonchev–Trinajstić information content (AvgIpc) is 3.12. The fraction of sp³-hybridized carbons (Fsp3) is 0.720. The molecule has 2 saturated carbocycles. The number of fused-ring (bicyclic) bond motifs is 1. The Kier molecular flexibility index (Phi) is 7.88. The van der Waals surface area contributed by atoms with E-state index in [0.29, 0.717) is 23.3 Å². The number of anilines is 1. The maximum atomic E-state index is 11.1. The third kappa shape index (κ3) is 5.58. The topological polar surface area (TPSA) is 149 Å². The van der Waals surface area contributed by atoms with Crippen LogP contribution in [0.15, 0.2) is 0 Å². The molecule has 192 valence electrons. The Morgan fingerprint density at radius 1 is 1.17 bits per heavy atom. The zero-order valence-electron chi connectivity index (χ0n) is 21.0. The van der Waals surface area contributed by atoms with Crippen LogP contribution in [0.2, 0.25) is 0 Å². The van der Waals surface area contributed by atoms with Crippen molar-refractivity contribution < 1.29 is 15.0 Å². The summed E-state index contributed by atoms with van der Waals surface area (Å²) in [5.74, 6) is 2.66. The summed E-state index contributed by atoms with van der Waals surface area (Å²) in [7, 11) is 0. The number of aliphatic hydroxyl groups is 1. The monoisotopic (exact) mass is 485 g/mol. The van der Waals surface area contributed by atoms with Crippen LogP contribution in [0.3, 0.4) is 0 Å². The molecule has 5 N–H and O–H groups in total. The van der Waals surface area contributed by atoms with Gasteiger partial charge in [-0.15, -0.1) is 0 Å². The van der Waals surface area contributed by atoms with E-state index < -0.39 is 6.09 Å².